The minimum atomic E-state index is -3.48. The van der Waals surface area contributed by atoms with Gasteiger partial charge < -0.3 is 15.0 Å². The average molecular weight is 480 g/mol. The van der Waals surface area contributed by atoms with E-state index in [1.807, 2.05) is 26.0 Å². The molecule has 9 heteroatoms. The topological polar surface area (TPSA) is 79.0 Å². The van der Waals surface area contributed by atoms with Crippen LogP contribution in [0, 0.1) is 0 Å². The SMILES string of the molecule is CCN(CC)S(=O)(=O)c1ccc(CCC(=O)Nc2cc(Cl)ccc2N2CCOCC2)cc1. The highest BCUT2D eigenvalue weighted by Gasteiger charge is 2.21. The van der Waals surface area contributed by atoms with Crippen LogP contribution in [0.5, 0.6) is 0 Å². The van der Waals surface area contributed by atoms with Crippen LogP contribution >= 0.6 is 11.6 Å². The van der Waals surface area contributed by atoms with Crippen LogP contribution in [0.4, 0.5) is 11.4 Å². The number of aryl methyl sites for hydroxylation is 1. The van der Waals surface area contributed by atoms with Crippen molar-refractivity contribution in [2.45, 2.75) is 31.6 Å². The lowest BCUT2D eigenvalue weighted by atomic mass is 10.1. The predicted octanol–water partition coefficient (Wildman–Crippen LogP) is 3.78. The van der Waals surface area contributed by atoms with E-state index in [-0.39, 0.29) is 17.2 Å². The van der Waals surface area contributed by atoms with Crippen LogP contribution < -0.4 is 10.2 Å². The lowest BCUT2D eigenvalue weighted by Gasteiger charge is -2.30. The van der Waals surface area contributed by atoms with Crippen molar-refractivity contribution >= 4 is 38.9 Å². The molecule has 2 aromatic carbocycles. The molecular weight excluding hydrogens is 450 g/mol. The standard InChI is InChI=1S/C23H30ClN3O4S/c1-3-27(4-2)32(29,30)20-9-5-18(6-10-20)7-12-23(28)25-21-17-19(24)8-11-22(21)26-13-15-31-16-14-26/h5-6,8-11,17H,3-4,7,12-16H2,1-2H3,(H,25,28). The van der Waals surface area contributed by atoms with Gasteiger partial charge in [-0.05, 0) is 42.3 Å². The van der Waals surface area contributed by atoms with Gasteiger partial charge in [0.1, 0.15) is 0 Å². The molecule has 0 spiro atoms. The highest BCUT2D eigenvalue weighted by Crippen LogP contribution is 2.30. The van der Waals surface area contributed by atoms with E-state index < -0.39 is 10.0 Å². The van der Waals surface area contributed by atoms with Crippen molar-refractivity contribution in [1.29, 1.82) is 0 Å². The van der Waals surface area contributed by atoms with Gasteiger partial charge in [0.05, 0.1) is 29.5 Å². The first-order chi connectivity index (χ1) is 15.3. The molecule has 7 nitrogen and oxygen atoms in total. The molecule has 0 bridgehead atoms. The molecular formula is C23H30ClN3O4S. The highest BCUT2D eigenvalue weighted by atomic mass is 35.5. The minimum Gasteiger partial charge on any atom is -0.378 e. The first-order valence-corrected chi connectivity index (χ1v) is 12.7. The Balaban J connectivity index is 1.63. The zero-order valence-electron chi connectivity index (χ0n) is 18.5. The Bertz CT molecular complexity index is 1020. The van der Waals surface area contributed by atoms with Crippen molar-refractivity contribution in [3.05, 3.63) is 53.1 Å². The summed E-state index contributed by atoms with van der Waals surface area (Å²) in [6.45, 7) is 7.30. The number of benzene rings is 2. The quantitative estimate of drug-likeness (QED) is 0.592. The van der Waals surface area contributed by atoms with E-state index in [1.165, 1.54) is 4.31 Å². The maximum absolute atomic E-state index is 12.6. The van der Waals surface area contributed by atoms with Crippen molar-refractivity contribution < 1.29 is 17.9 Å². The molecule has 0 unspecified atom stereocenters. The van der Waals surface area contributed by atoms with E-state index in [9.17, 15) is 13.2 Å². The first kappa shape index (κ1) is 24.5. The van der Waals surface area contributed by atoms with Gasteiger partial charge >= 0.3 is 0 Å². The molecule has 1 N–H and O–H groups in total. The summed E-state index contributed by atoms with van der Waals surface area (Å²) in [7, 11) is -3.48. The molecule has 0 atom stereocenters. The Hall–Kier alpha value is -2.13. The lowest BCUT2D eigenvalue weighted by Crippen LogP contribution is -2.36. The number of carbonyl (C=O) groups excluding carboxylic acids is 1. The third kappa shape index (κ3) is 6.01. The van der Waals surface area contributed by atoms with E-state index in [2.05, 4.69) is 10.2 Å². The molecule has 0 aromatic heterocycles. The molecule has 3 rings (SSSR count). The monoisotopic (exact) mass is 479 g/mol. The number of morpholine rings is 1. The fourth-order valence-corrected chi connectivity index (χ4v) is 5.33. The number of amides is 1. The van der Waals surface area contributed by atoms with Crippen LogP contribution in [-0.2, 0) is 26.0 Å². The molecule has 174 valence electrons. The number of nitrogens with one attached hydrogen (secondary N) is 1. The summed E-state index contributed by atoms with van der Waals surface area (Å²) in [5.74, 6) is -0.124. The Morgan fingerprint density at radius 2 is 1.75 bits per heavy atom. The molecule has 2 aromatic rings. The molecule has 1 amide bonds. The van der Waals surface area contributed by atoms with E-state index >= 15 is 0 Å². The van der Waals surface area contributed by atoms with Crippen LogP contribution in [-0.4, -0.2) is 58.0 Å². The fourth-order valence-electron chi connectivity index (χ4n) is 3.70. The fraction of sp³-hybridized carbons (Fsp3) is 0.435. The summed E-state index contributed by atoms with van der Waals surface area (Å²) in [5, 5.41) is 3.53. The van der Waals surface area contributed by atoms with Gasteiger partial charge in [-0.2, -0.15) is 4.31 Å². The molecule has 1 aliphatic rings. The average Bonchev–Trinajstić information content (AvgIpc) is 2.79. The number of hydrogen-bond acceptors (Lipinski definition) is 5. The van der Waals surface area contributed by atoms with Crippen LogP contribution in [0.1, 0.15) is 25.8 Å². The van der Waals surface area contributed by atoms with E-state index in [4.69, 9.17) is 16.3 Å². The second-order valence-electron chi connectivity index (χ2n) is 7.54. The summed E-state index contributed by atoms with van der Waals surface area (Å²) in [6, 6.07) is 12.2. The number of nitrogens with zero attached hydrogens (tertiary/aromatic N) is 2. The second kappa shape index (κ2) is 11.1. The van der Waals surface area contributed by atoms with Gasteiger partial charge in [-0.1, -0.05) is 37.6 Å². The van der Waals surface area contributed by atoms with Crippen molar-refractivity contribution in [3.8, 4) is 0 Å². The summed E-state index contributed by atoms with van der Waals surface area (Å²) < 4.78 is 32.0. The highest BCUT2D eigenvalue weighted by molar-refractivity contribution is 7.89. The van der Waals surface area contributed by atoms with Crippen LogP contribution in [0.2, 0.25) is 5.02 Å². The van der Waals surface area contributed by atoms with Gasteiger partial charge in [-0.25, -0.2) is 8.42 Å². The molecule has 0 radical (unpaired) electrons. The van der Waals surface area contributed by atoms with Gasteiger partial charge in [-0.3, -0.25) is 4.79 Å². The van der Waals surface area contributed by atoms with Gasteiger partial charge in [0.2, 0.25) is 15.9 Å². The van der Waals surface area contributed by atoms with Crippen LogP contribution in [0.25, 0.3) is 0 Å². The summed E-state index contributed by atoms with van der Waals surface area (Å²) in [4.78, 5) is 15.1. The van der Waals surface area contributed by atoms with Crippen molar-refractivity contribution in [2.75, 3.05) is 49.6 Å². The maximum atomic E-state index is 12.6. The van der Waals surface area contributed by atoms with Crippen molar-refractivity contribution in [2.24, 2.45) is 0 Å². The first-order valence-electron chi connectivity index (χ1n) is 10.9. The van der Waals surface area contributed by atoms with Crippen LogP contribution in [0.15, 0.2) is 47.4 Å². The maximum Gasteiger partial charge on any atom is 0.243 e. The Morgan fingerprint density at radius 1 is 1.09 bits per heavy atom. The number of sulfonamides is 1. The molecule has 32 heavy (non-hydrogen) atoms. The van der Waals surface area contributed by atoms with E-state index in [0.717, 1.165) is 24.3 Å². The third-order valence-electron chi connectivity index (χ3n) is 5.49. The smallest absolute Gasteiger partial charge is 0.243 e. The summed E-state index contributed by atoms with van der Waals surface area (Å²) in [5.41, 5.74) is 2.51. The van der Waals surface area contributed by atoms with Gasteiger partial charge in [-0.15, -0.1) is 0 Å². The third-order valence-corrected chi connectivity index (χ3v) is 7.79. The number of halogens is 1. The molecule has 1 fully saturated rings. The summed E-state index contributed by atoms with van der Waals surface area (Å²) in [6.07, 6.45) is 0.780. The molecule has 1 aliphatic heterocycles. The van der Waals surface area contributed by atoms with E-state index in [1.54, 1.807) is 30.3 Å². The number of ether oxygens (including phenoxy) is 1. The van der Waals surface area contributed by atoms with Gasteiger partial charge in [0.15, 0.2) is 0 Å². The zero-order chi connectivity index (χ0) is 23.1. The van der Waals surface area contributed by atoms with Crippen molar-refractivity contribution in [1.82, 2.24) is 4.31 Å². The molecule has 1 heterocycles. The largest absolute Gasteiger partial charge is 0.378 e. The zero-order valence-corrected chi connectivity index (χ0v) is 20.1. The number of carbonyl (C=O) groups is 1. The number of anilines is 2. The van der Waals surface area contributed by atoms with Gasteiger partial charge in [0, 0.05) is 37.6 Å². The molecule has 1 saturated heterocycles. The number of rotatable bonds is 9. The van der Waals surface area contributed by atoms with Crippen molar-refractivity contribution in [3.63, 3.8) is 0 Å². The normalized spacial score (nSPS) is 14.6. The lowest BCUT2D eigenvalue weighted by molar-refractivity contribution is -0.116. The number of hydrogen-bond donors (Lipinski definition) is 1. The molecule has 0 aliphatic carbocycles. The molecule has 0 saturated carbocycles. The van der Waals surface area contributed by atoms with Gasteiger partial charge in [0.25, 0.3) is 0 Å². The Morgan fingerprint density at radius 3 is 2.38 bits per heavy atom. The Labute approximate surface area is 195 Å². The van der Waals surface area contributed by atoms with E-state index in [0.29, 0.717) is 43.4 Å². The predicted molar refractivity (Wildman–Crippen MR) is 128 cm³/mol. The Kier molecular flexibility index (Phi) is 8.53. The summed E-state index contributed by atoms with van der Waals surface area (Å²) >= 11 is 6.16. The van der Waals surface area contributed by atoms with Crippen LogP contribution in [0.3, 0.4) is 0 Å². The second-order valence-corrected chi connectivity index (χ2v) is 9.92. The minimum absolute atomic E-state index is 0.124.